The summed E-state index contributed by atoms with van der Waals surface area (Å²) in [5.74, 6) is -0.322. The number of hydrogen-bond acceptors (Lipinski definition) is 4. The Morgan fingerprint density at radius 1 is 1.71 bits per heavy atom. The summed E-state index contributed by atoms with van der Waals surface area (Å²) in [6.07, 6.45) is 0.534. The van der Waals surface area contributed by atoms with Gasteiger partial charge in [-0.2, -0.15) is 0 Å². The number of carboxylic acids is 1. The fraction of sp³-hybridized carbons (Fsp3) is 0.750. The number of rotatable bonds is 3. The number of nitrogens with two attached hydrogens (primary N) is 1. The van der Waals surface area contributed by atoms with E-state index in [0.717, 1.165) is 0 Å². The molecule has 1 aliphatic heterocycles. The maximum absolute atomic E-state index is 11.6. The molecule has 0 aromatic heterocycles. The molecule has 2 unspecified atom stereocenters. The standard InChI is InChI=1S/C8H14N2O3S/c1-2-5(9)7(11)10-4-14-3-6(10)8(12)13/h5-6H,2-4,9H2,1H3,(H,12,13). The molecule has 80 valence electrons. The van der Waals surface area contributed by atoms with Gasteiger partial charge in [0.2, 0.25) is 5.91 Å². The van der Waals surface area contributed by atoms with E-state index in [1.165, 1.54) is 16.7 Å². The normalized spacial score (nSPS) is 23.6. The molecule has 1 rings (SSSR count). The molecule has 0 saturated carbocycles. The third-order valence-corrected chi connectivity index (χ3v) is 3.22. The van der Waals surface area contributed by atoms with Gasteiger partial charge >= 0.3 is 5.97 Å². The van der Waals surface area contributed by atoms with Crippen molar-refractivity contribution in [2.45, 2.75) is 25.4 Å². The van der Waals surface area contributed by atoms with Gasteiger partial charge in [0.25, 0.3) is 0 Å². The van der Waals surface area contributed by atoms with E-state index in [1.807, 2.05) is 6.92 Å². The van der Waals surface area contributed by atoms with Gasteiger partial charge in [0.05, 0.1) is 11.9 Å². The molecule has 1 amide bonds. The number of thioether (sulfide) groups is 1. The molecule has 2 atom stereocenters. The topological polar surface area (TPSA) is 83.6 Å². The molecule has 1 fully saturated rings. The minimum absolute atomic E-state index is 0.259. The predicted molar refractivity (Wildman–Crippen MR) is 53.9 cm³/mol. The second kappa shape index (κ2) is 4.65. The number of carbonyl (C=O) groups excluding carboxylic acids is 1. The molecule has 5 nitrogen and oxygen atoms in total. The van der Waals surface area contributed by atoms with Crippen LogP contribution in [0.4, 0.5) is 0 Å². The highest BCUT2D eigenvalue weighted by molar-refractivity contribution is 7.99. The van der Waals surface area contributed by atoms with E-state index in [2.05, 4.69) is 0 Å². The van der Waals surface area contributed by atoms with Crippen LogP contribution < -0.4 is 5.73 Å². The van der Waals surface area contributed by atoms with Crippen LogP contribution in [0.5, 0.6) is 0 Å². The summed E-state index contributed by atoms with van der Waals surface area (Å²) in [4.78, 5) is 23.7. The van der Waals surface area contributed by atoms with Crippen molar-refractivity contribution >= 4 is 23.6 Å². The van der Waals surface area contributed by atoms with Gasteiger partial charge in [-0.1, -0.05) is 6.92 Å². The molecule has 1 aliphatic rings. The van der Waals surface area contributed by atoms with Crippen LogP contribution >= 0.6 is 11.8 Å². The van der Waals surface area contributed by atoms with Crippen molar-refractivity contribution in [3.63, 3.8) is 0 Å². The number of amides is 1. The summed E-state index contributed by atoms with van der Waals surface area (Å²) in [6.45, 7) is 1.81. The van der Waals surface area contributed by atoms with Crippen LogP contribution in [0.25, 0.3) is 0 Å². The largest absolute Gasteiger partial charge is 0.480 e. The molecule has 0 aliphatic carbocycles. The van der Waals surface area contributed by atoms with Crippen LogP contribution in [0.15, 0.2) is 0 Å². The van der Waals surface area contributed by atoms with E-state index in [1.54, 1.807) is 0 Å². The maximum atomic E-state index is 11.6. The van der Waals surface area contributed by atoms with Crippen LogP contribution in [0.2, 0.25) is 0 Å². The van der Waals surface area contributed by atoms with Crippen molar-refractivity contribution in [1.29, 1.82) is 0 Å². The Hall–Kier alpha value is -0.750. The SMILES string of the molecule is CCC(N)C(=O)N1CSCC1C(=O)O. The van der Waals surface area contributed by atoms with Crippen molar-refractivity contribution < 1.29 is 14.7 Å². The number of nitrogens with zero attached hydrogens (tertiary/aromatic N) is 1. The Kier molecular flexibility index (Phi) is 3.77. The van der Waals surface area contributed by atoms with Crippen molar-refractivity contribution in [2.24, 2.45) is 5.73 Å². The lowest BCUT2D eigenvalue weighted by atomic mass is 10.2. The van der Waals surface area contributed by atoms with Crippen LogP contribution in [-0.4, -0.2) is 45.6 Å². The lowest BCUT2D eigenvalue weighted by Crippen LogP contribution is -2.48. The van der Waals surface area contributed by atoms with Crippen LogP contribution in [0, 0.1) is 0 Å². The highest BCUT2D eigenvalue weighted by atomic mass is 32.2. The summed E-state index contributed by atoms with van der Waals surface area (Å²) in [5.41, 5.74) is 5.57. The predicted octanol–water partition coefficient (Wildman–Crippen LogP) is -0.290. The summed E-state index contributed by atoms with van der Waals surface area (Å²) in [5, 5.41) is 8.84. The average molecular weight is 218 g/mol. The first-order valence-corrected chi connectivity index (χ1v) is 5.60. The summed E-state index contributed by atoms with van der Waals surface area (Å²) < 4.78 is 0. The Morgan fingerprint density at radius 2 is 2.36 bits per heavy atom. The Labute approximate surface area is 86.6 Å². The minimum atomic E-state index is -0.952. The van der Waals surface area contributed by atoms with E-state index in [4.69, 9.17) is 10.8 Å². The highest BCUT2D eigenvalue weighted by Gasteiger charge is 2.35. The quantitative estimate of drug-likeness (QED) is 0.680. The van der Waals surface area contributed by atoms with Crippen LogP contribution in [-0.2, 0) is 9.59 Å². The fourth-order valence-electron chi connectivity index (χ4n) is 1.25. The van der Waals surface area contributed by atoms with E-state index in [0.29, 0.717) is 18.1 Å². The summed E-state index contributed by atoms with van der Waals surface area (Å²) in [7, 11) is 0. The first-order valence-electron chi connectivity index (χ1n) is 4.44. The molecule has 0 spiro atoms. The van der Waals surface area contributed by atoms with E-state index in [-0.39, 0.29) is 5.91 Å². The van der Waals surface area contributed by atoms with Crippen LogP contribution in [0.3, 0.4) is 0 Å². The second-order valence-electron chi connectivity index (χ2n) is 3.18. The third-order valence-electron chi connectivity index (χ3n) is 2.21. The Bertz CT molecular complexity index is 247. The molecule has 0 bridgehead atoms. The molecule has 3 N–H and O–H groups in total. The summed E-state index contributed by atoms with van der Waals surface area (Å²) >= 11 is 1.44. The molecular formula is C8H14N2O3S. The molecule has 0 aromatic rings. The lowest BCUT2D eigenvalue weighted by Gasteiger charge is -2.23. The van der Waals surface area contributed by atoms with Gasteiger partial charge in [-0.05, 0) is 6.42 Å². The Morgan fingerprint density at radius 3 is 2.86 bits per heavy atom. The molecule has 6 heteroatoms. The van der Waals surface area contributed by atoms with Gasteiger partial charge in [-0.25, -0.2) is 4.79 Å². The van der Waals surface area contributed by atoms with Gasteiger partial charge in [0.1, 0.15) is 6.04 Å². The van der Waals surface area contributed by atoms with Gasteiger partial charge < -0.3 is 15.7 Å². The Balaban J connectivity index is 2.67. The van der Waals surface area contributed by atoms with E-state index in [9.17, 15) is 9.59 Å². The molecule has 14 heavy (non-hydrogen) atoms. The lowest BCUT2D eigenvalue weighted by molar-refractivity contribution is -0.148. The number of aliphatic carboxylic acids is 1. The molecule has 0 radical (unpaired) electrons. The zero-order chi connectivity index (χ0) is 10.7. The number of carboxylic acid groups (broad SMARTS) is 1. The molecule has 1 heterocycles. The molecule has 1 saturated heterocycles. The zero-order valence-corrected chi connectivity index (χ0v) is 8.79. The highest BCUT2D eigenvalue weighted by Crippen LogP contribution is 2.21. The van der Waals surface area contributed by atoms with Gasteiger partial charge in [0.15, 0.2) is 0 Å². The van der Waals surface area contributed by atoms with Crippen molar-refractivity contribution in [3.8, 4) is 0 Å². The number of hydrogen-bond donors (Lipinski definition) is 2. The smallest absolute Gasteiger partial charge is 0.327 e. The van der Waals surface area contributed by atoms with E-state index >= 15 is 0 Å². The van der Waals surface area contributed by atoms with Gasteiger partial charge in [0, 0.05) is 5.75 Å². The fourth-order valence-corrected chi connectivity index (χ4v) is 2.41. The van der Waals surface area contributed by atoms with Gasteiger partial charge in [-0.15, -0.1) is 11.8 Å². The molecular weight excluding hydrogens is 204 g/mol. The number of carbonyl (C=O) groups is 2. The van der Waals surface area contributed by atoms with Crippen LogP contribution in [0.1, 0.15) is 13.3 Å². The third kappa shape index (κ3) is 2.19. The first kappa shape index (κ1) is 11.3. The first-order chi connectivity index (χ1) is 6.57. The van der Waals surface area contributed by atoms with Crippen molar-refractivity contribution in [1.82, 2.24) is 4.90 Å². The minimum Gasteiger partial charge on any atom is -0.480 e. The molecule has 0 aromatic carbocycles. The second-order valence-corrected chi connectivity index (χ2v) is 4.18. The maximum Gasteiger partial charge on any atom is 0.327 e. The van der Waals surface area contributed by atoms with Crippen molar-refractivity contribution in [2.75, 3.05) is 11.6 Å². The monoisotopic (exact) mass is 218 g/mol. The summed E-state index contributed by atoms with van der Waals surface area (Å²) in [6, 6.07) is -1.28. The van der Waals surface area contributed by atoms with Gasteiger partial charge in [-0.3, -0.25) is 4.79 Å². The van der Waals surface area contributed by atoms with E-state index < -0.39 is 18.1 Å². The zero-order valence-electron chi connectivity index (χ0n) is 7.97. The van der Waals surface area contributed by atoms with Crippen molar-refractivity contribution in [3.05, 3.63) is 0 Å². The average Bonchev–Trinajstić information content (AvgIpc) is 2.63.